The van der Waals surface area contributed by atoms with Crippen molar-refractivity contribution in [2.24, 2.45) is 5.41 Å². The van der Waals surface area contributed by atoms with Gasteiger partial charge in [-0.1, -0.05) is 13.3 Å². The lowest BCUT2D eigenvalue weighted by Crippen LogP contribution is -2.43. The van der Waals surface area contributed by atoms with Crippen molar-refractivity contribution in [3.63, 3.8) is 0 Å². The molecule has 1 spiro atoms. The number of rotatable bonds is 1. The normalized spacial score (nSPS) is 38.9. The number of esters is 1. The minimum Gasteiger partial charge on any atom is -0.454 e. The van der Waals surface area contributed by atoms with Crippen LogP contribution in [0.3, 0.4) is 0 Å². The number of thioether (sulfide) groups is 2. The van der Waals surface area contributed by atoms with Gasteiger partial charge in [-0.25, -0.2) is 4.79 Å². The van der Waals surface area contributed by atoms with Crippen LogP contribution in [0.2, 0.25) is 0 Å². The molecule has 2 aliphatic heterocycles. The second kappa shape index (κ2) is 4.78. The zero-order valence-corrected chi connectivity index (χ0v) is 12.4. The topological polar surface area (TPSA) is 26.3 Å². The lowest BCUT2D eigenvalue weighted by molar-refractivity contribution is -0.144. The van der Waals surface area contributed by atoms with Crippen LogP contribution in [0.1, 0.15) is 39.0 Å². The average Bonchev–Trinajstić information content (AvgIpc) is 2.77. The predicted molar refractivity (Wildman–Crippen MR) is 77.9 cm³/mol. The minimum absolute atomic E-state index is 0.00491. The molecule has 0 aromatic rings. The molecule has 0 N–H and O–H groups in total. The molecule has 2 heterocycles. The molecule has 0 radical (unpaired) electrons. The average molecular weight is 284 g/mol. The van der Waals surface area contributed by atoms with E-state index in [2.05, 4.69) is 30.4 Å². The van der Waals surface area contributed by atoms with E-state index >= 15 is 0 Å². The molecule has 4 heteroatoms. The molecule has 18 heavy (non-hydrogen) atoms. The molecule has 3 rings (SSSR count). The number of hydrogen-bond donors (Lipinski definition) is 0. The van der Waals surface area contributed by atoms with E-state index in [0.717, 1.165) is 0 Å². The molecule has 2 atom stereocenters. The van der Waals surface area contributed by atoms with Crippen LogP contribution in [0.25, 0.3) is 0 Å². The Morgan fingerprint density at radius 1 is 1.28 bits per heavy atom. The van der Waals surface area contributed by atoms with Crippen molar-refractivity contribution < 1.29 is 9.53 Å². The van der Waals surface area contributed by atoms with Crippen molar-refractivity contribution in [2.45, 2.75) is 49.2 Å². The summed E-state index contributed by atoms with van der Waals surface area (Å²) in [6.45, 7) is 2.30. The van der Waals surface area contributed by atoms with E-state index in [0.29, 0.717) is 4.08 Å². The van der Waals surface area contributed by atoms with Crippen molar-refractivity contribution in [3.05, 3.63) is 12.2 Å². The van der Waals surface area contributed by atoms with Crippen molar-refractivity contribution in [3.8, 4) is 0 Å². The highest BCUT2D eigenvalue weighted by atomic mass is 32.2. The van der Waals surface area contributed by atoms with E-state index < -0.39 is 0 Å². The maximum atomic E-state index is 11.3. The second-order valence-electron chi connectivity index (χ2n) is 5.86. The second-order valence-corrected chi connectivity index (χ2v) is 9.08. The van der Waals surface area contributed by atoms with Gasteiger partial charge in [-0.05, 0) is 43.3 Å². The van der Waals surface area contributed by atoms with E-state index in [-0.39, 0.29) is 17.5 Å². The quantitative estimate of drug-likeness (QED) is 0.687. The first-order valence-electron chi connectivity index (χ1n) is 6.79. The van der Waals surface area contributed by atoms with Gasteiger partial charge in [0.25, 0.3) is 0 Å². The van der Waals surface area contributed by atoms with Gasteiger partial charge in [0.15, 0.2) is 0 Å². The molecule has 0 aromatic heterocycles. The summed E-state index contributed by atoms with van der Waals surface area (Å²) >= 11 is 4.29. The first-order valence-corrected chi connectivity index (χ1v) is 8.76. The number of ether oxygens (including phenoxy) is 1. The first-order chi connectivity index (χ1) is 8.62. The summed E-state index contributed by atoms with van der Waals surface area (Å²) in [6, 6.07) is 0. The lowest BCUT2D eigenvalue weighted by atomic mass is 9.71. The molecule has 0 bridgehead atoms. The molecule has 2 nitrogen and oxygen atoms in total. The van der Waals surface area contributed by atoms with Crippen LogP contribution in [0.4, 0.5) is 0 Å². The summed E-state index contributed by atoms with van der Waals surface area (Å²) in [4.78, 5) is 11.3. The third-order valence-electron chi connectivity index (χ3n) is 4.33. The van der Waals surface area contributed by atoms with Crippen LogP contribution in [-0.4, -0.2) is 27.7 Å². The Bertz CT molecular complexity index is 368. The largest absolute Gasteiger partial charge is 0.454 e. The Balaban J connectivity index is 1.76. The maximum absolute atomic E-state index is 11.3. The predicted octanol–water partition coefficient (Wildman–Crippen LogP) is 3.61. The smallest absolute Gasteiger partial charge is 0.331 e. The number of carbonyl (C=O) groups is 1. The molecule has 0 aromatic carbocycles. The summed E-state index contributed by atoms with van der Waals surface area (Å²) in [5.41, 5.74) is 0.137. The molecule has 0 amide bonds. The van der Waals surface area contributed by atoms with Crippen LogP contribution < -0.4 is 0 Å². The Hall–Kier alpha value is -0.0900. The fourth-order valence-corrected chi connectivity index (χ4v) is 7.18. The summed E-state index contributed by atoms with van der Waals surface area (Å²) in [6.07, 6.45) is 9.85. The van der Waals surface area contributed by atoms with Crippen LogP contribution >= 0.6 is 23.5 Å². The molecule has 0 unspecified atom stereocenters. The highest BCUT2D eigenvalue weighted by Gasteiger charge is 2.48. The molecule has 1 saturated carbocycles. The van der Waals surface area contributed by atoms with Gasteiger partial charge < -0.3 is 4.74 Å². The van der Waals surface area contributed by atoms with E-state index in [4.69, 9.17) is 4.74 Å². The number of hydrogen-bond acceptors (Lipinski definition) is 4. The molecule has 1 aliphatic carbocycles. The van der Waals surface area contributed by atoms with Gasteiger partial charge in [-0.2, -0.15) is 0 Å². The highest BCUT2D eigenvalue weighted by Crippen LogP contribution is 2.57. The van der Waals surface area contributed by atoms with Gasteiger partial charge in [0, 0.05) is 11.5 Å². The molecule has 100 valence electrons. The molecule has 1 saturated heterocycles. The molecular weight excluding hydrogens is 264 g/mol. The van der Waals surface area contributed by atoms with Crippen LogP contribution in [0.15, 0.2) is 12.2 Å². The Morgan fingerprint density at radius 3 is 2.72 bits per heavy atom. The van der Waals surface area contributed by atoms with Crippen molar-refractivity contribution in [2.75, 3.05) is 11.5 Å². The standard InChI is InChI=1S/C14H20O2S2/c1-13(11-4-5-12(15)16-11)6-2-7-14(10-13)17-8-3-9-18-14/h4-5,11H,2-3,6-10H2,1H3/t11-,13+/m0/s1. The van der Waals surface area contributed by atoms with Crippen molar-refractivity contribution in [1.82, 2.24) is 0 Å². The SMILES string of the molecule is C[C@@]1([C@@H]2C=CC(=O)O2)CCCC2(C1)SCCCS2. The van der Waals surface area contributed by atoms with Crippen molar-refractivity contribution >= 4 is 29.5 Å². The fourth-order valence-electron chi connectivity index (χ4n) is 3.40. The van der Waals surface area contributed by atoms with Gasteiger partial charge >= 0.3 is 5.97 Å². The number of carbonyl (C=O) groups excluding carboxylic acids is 1. The summed E-state index contributed by atoms with van der Waals surface area (Å²) in [5, 5.41) is 0. The van der Waals surface area contributed by atoms with Gasteiger partial charge in [0.2, 0.25) is 0 Å². The van der Waals surface area contributed by atoms with Gasteiger partial charge in [0.05, 0.1) is 4.08 Å². The number of cyclic esters (lactones) is 1. The summed E-state index contributed by atoms with van der Waals surface area (Å²) < 4.78 is 5.87. The Morgan fingerprint density at radius 2 is 2.06 bits per heavy atom. The molecule has 3 aliphatic rings. The van der Waals surface area contributed by atoms with E-state index in [1.807, 2.05) is 6.08 Å². The van der Waals surface area contributed by atoms with Crippen molar-refractivity contribution in [1.29, 1.82) is 0 Å². The van der Waals surface area contributed by atoms with Gasteiger partial charge in [-0.3, -0.25) is 0 Å². The maximum Gasteiger partial charge on any atom is 0.331 e. The van der Waals surface area contributed by atoms with Gasteiger partial charge in [-0.15, -0.1) is 23.5 Å². The monoisotopic (exact) mass is 284 g/mol. The van der Waals surface area contributed by atoms with E-state index in [9.17, 15) is 4.79 Å². The van der Waals surface area contributed by atoms with E-state index in [1.54, 1.807) is 6.08 Å². The third kappa shape index (κ3) is 2.34. The highest BCUT2D eigenvalue weighted by molar-refractivity contribution is 8.18. The molecular formula is C14H20O2S2. The van der Waals surface area contributed by atoms with Crippen LogP contribution in [-0.2, 0) is 9.53 Å². The Kier molecular flexibility index (Phi) is 3.43. The Labute approximate surface area is 117 Å². The van der Waals surface area contributed by atoms with Crippen LogP contribution in [0.5, 0.6) is 0 Å². The summed E-state index contributed by atoms with van der Waals surface area (Å²) in [5.74, 6) is 2.43. The fraction of sp³-hybridized carbons (Fsp3) is 0.786. The zero-order chi connectivity index (χ0) is 12.6. The zero-order valence-electron chi connectivity index (χ0n) is 10.8. The summed E-state index contributed by atoms with van der Waals surface area (Å²) in [7, 11) is 0. The van der Waals surface area contributed by atoms with Gasteiger partial charge in [0.1, 0.15) is 6.10 Å². The first kappa shape index (κ1) is 12.9. The molecule has 2 fully saturated rings. The van der Waals surface area contributed by atoms with Crippen LogP contribution in [0, 0.1) is 5.41 Å². The lowest BCUT2D eigenvalue weighted by Gasteiger charge is -2.48. The van der Waals surface area contributed by atoms with E-state index in [1.165, 1.54) is 43.6 Å². The third-order valence-corrected chi connectivity index (χ3v) is 7.78. The minimum atomic E-state index is -0.162.